The van der Waals surface area contributed by atoms with Crippen molar-refractivity contribution in [2.24, 2.45) is 0 Å². The fraction of sp³-hybridized carbons (Fsp3) is 0.400. The molecule has 8 nitrogen and oxygen atoms in total. The first-order valence-corrected chi connectivity index (χ1v) is 7.73. The van der Waals surface area contributed by atoms with Gasteiger partial charge in [-0.3, -0.25) is 9.59 Å². The number of para-hydroxylation sites is 1. The third-order valence-corrected chi connectivity index (χ3v) is 4.20. The van der Waals surface area contributed by atoms with Crippen molar-refractivity contribution < 1.29 is 29.2 Å². The van der Waals surface area contributed by atoms with Crippen LogP contribution in [0.3, 0.4) is 0 Å². The minimum Gasteiger partial charge on any atom is -0.534 e. The van der Waals surface area contributed by atoms with Crippen LogP contribution in [-0.4, -0.2) is 59.0 Å². The van der Waals surface area contributed by atoms with Gasteiger partial charge in [-0.25, -0.2) is 4.79 Å². The van der Waals surface area contributed by atoms with Crippen LogP contribution in [0.4, 0.5) is 0 Å². The number of nitrogens with one attached hydrogen (secondary N) is 1. The molecule has 1 atom stereocenters. The number of amides is 2. The van der Waals surface area contributed by atoms with Gasteiger partial charge in [0.15, 0.2) is 0 Å². The predicted molar refractivity (Wildman–Crippen MR) is 83.5 cm³/mol. The Morgan fingerprint density at radius 2 is 2.21 bits per heavy atom. The van der Waals surface area contributed by atoms with Gasteiger partial charge < -0.3 is 25.0 Å². The number of rotatable bonds is 4. The number of fused-ring (bicyclic) bond motifs is 1. The summed E-state index contributed by atoms with van der Waals surface area (Å²) in [5, 5.41) is 21.9. The first-order chi connectivity index (χ1) is 11.5. The summed E-state index contributed by atoms with van der Waals surface area (Å²) in [6, 6.07) is 4.67. The Morgan fingerprint density at radius 1 is 1.42 bits per heavy atom. The molecular weight excluding hydrogens is 315 g/mol. The van der Waals surface area contributed by atoms with Crippen molar-refractivity contribution in [2.45, 2.75) is 25.2 Å². The molecular formula is C15H17BN2O6. The molecule has 2 aliphatic heterocycles. The minimum absolute atomic E-state index is 0.0287. The van der Waals surface area contributed by atoms with Crippen LogP contribution >= 0.6 is 0 Å². The highest BCUT2D eigenvalue weighted by Gasteiger charge is 2.38. The van der Waals surface area contributed by atoms with Gasteiger partial charge in [0.25, 0.3) is 0 Å². The van der Waals surface area contributed by atoms with Crippen LogP contribution in [0, 0.1) is 0 Å². The van der Waals surface area contributed by atoms with Crippen molar-refractivity contribution in [1.29, 1.82) is 0 Å². The molecule has 3 N–H and O–H groups in total. The van der Waals surface area contributed by atoms with Crippen LogP contribution in [0.5, 0.6) is 5.75 Å². The molecule has 1 aromatic rings. The van der Waals surface area contributed by atoms with Gasteiger partial charge in [-0.2, -0.15) is 0 Å². The van der Waals surface area contributed by atoms with E-state index in [9.17, 15) is 19.4 Å². The Morgan fingerprint density at radius 3 is 2.88 bits per heavy atom. The van der Waals surface area contributed by atoms with Crippen LogP contribution in [0.1, 0.15) is 28.8 Å². The quantitative estimate of drug-likeness (QED) is 0.637. The zero-order valence-electron chi connectivity index (χ0n) is 12.9. The number of hydrogen-bond acceptors (Lipinski definition) is 5. The summed E-state index contributed by atoms with van der Waals surface area (Å²) >= 11 is 0. The fourth-order valence-electron chi connectivity index (χ4n) is 3.01. The third kappa shape index (κ3) is 3.21. The van der Waals surface area contributed by atoms with E-state index in [0.29, 0.717) is 18.5 Å². The molecule has 0 aromatic heterocycles. The average Bonchev–Trinajstić information content (AvgIpc) is 2.92. The van der Waals surface area contributed by atoms with Gasteiger partial charge in [0, 0.05) is 13.0 Å². The lowest BCUT2D eigenvalue weighted by atomic mass is 9.72. The van der Waals surface area contributed by atoms with Gasteiger partial charge in [-0.1, -0.05) is 12.1 Å². The maximum atomic E-state index is 12.1. The van der Waals surface area contributed by atoms with Crippen molar-refractivity contribution in [2.75, 3.05) is 13.1 Å². The van der Waals surface area contributed by atoms with E-state index in [1.54, 1.807) is 12.1 Å². The lowest BCUT2D eigenvalue weighted by Gasteiger charge is -2.29. The molecule has 1 aromatic carbocycles. The molecule has 1 unspecified atom stereocenters. The van der Waals surface area contributed by atoms with Crippen molar-refractivity contribution >= 4 is 24.9 Å². The predicted octanol–water partition coefficient (Wildman–Crippen LogP) is -0.553. The maximum Gasteiger partial charge on any atom is 0.547 e. The molecule has 2 aliphatic rings. The van der Waals surface area contributed by atoms with Gasteiger partial charge in [0.1, 0.15) is 5.75 Å². The molecule has 0 bridgehead atoms. The van der Waals surface area contributed by atoms with E-state index >= 15 is 0 Å². The molecule has 0 aliphatic carbocycles. The molecule has 2 heterocycles. The van der Waals surface area contributed by atoms with Crippen molar-refractivity contribution in [1.82, 2.24) is 10.2 Å². The van der Waals surface area contributed by atoms with Crippen LogP contribution in [0.2, 0.25) is 0 Å². The number of aromatic carboxylic acids is 1. The molecule has 0 radical (unpaired) electrons. The minimum atomic E-state index is -1.35. The largest absolute Gasteiger partial charge is 0.547 e. The van der Waals surface area contributed by atoms with Crippen LogP contribution < -0.4 is 9.97 Å². The smallest absolute Gasteiger partial charge is 0.534 e. The molecule has 24 heavy (non-hydrogen) atoms. The number of likely N-dealkylation sites (tertiary alicyclic amines) is 1. The Labute approximate surface area is 138 Å². The fourth-order valence-corrected chi connectivity index (χ4v) is 3.01. The Balaban J connectivity index is 1.68. The molecule has 2 amide bonds. The summed E-state index contributed by atoms with van der Waals surface area (Å²) in [6.07, 6.45) is 1.44. The molecule has 126 valence electrons. The van der Waals surface area contributed by atoms with E-state index in [1.165, 1.54) is 11.0 Å². The SMILES string of the molecule is O=C(CN1CCCC1=O)NC1Cc2cccc(C(=O)O)c2OB1O. The van der Waals surface area contributed by atoms with Crippen LogP contribution in [-0.2, 0) is 16.0 Å². The van der Waals surface area contributed by atoms with E-state index in [0.717, 1.165) is 6.42 Å². The van der Waals surface area contributed by atoms with Crippen LogP contribution in [0.25, 0.3) is 0 Å². The van der Waals surface area contributed by atoms with Crippen LogP contribution in [0.15, 0.2) is 18.2 Å². The molecule has 9 heteroatoms. The van der Waals surface area contributed by atoms with E-state index in [1.807, 2.05) is 0 Å². The van der Waals surface area contributed by atoms with Gasteiger partial charge in [-0.15, -0.1) is 0 Å². The standard InChI is InChI=1S/C15H17BN2O6/c19-12(8-18-6-2-5-13(18)20)17-11-7-9-3-1-4-10(15(21)22)14(9)24-16(11)23/h1,3-4,11,23H,2,5-8H2,(H,17,19)(H,21,22). The van der Waals surface area contributed by atoms with Crippen molar-refractivity contribution in [3.8, 4) is 5.75 Å². The van der Waals surface area contributed by atoms with Crippen molar-refractivity contribution in [3.63, 3.8) is 0 Å². The number of carbonyl (C=O) groups is 3. The van der Waals surface area contributed by atoms with E-state index in [-0.39, 0.29) is 36.1 Å². The molecule has 1 fully saturated rings. The lowest BCUT2D eigenvalue weighted by Crippen LogP contribution is -2.55. The molecule has 0 spiro atoms. The van der Waals surface area contributed by atoms with Gasteiger partial charge in [-0.05, 0) is 24.5 Å². The summed E-state index contributed by atoms with van der Waals surface area (Å²) in [7, 11) is -1.35. The van der Waals surface area contributed by atoms with Gasteiger partial charge >= 0.3 is 13.1 Å². The second-order valence-corrected chi connectivity index (χ2v) is 5.90. The number of nitrogens with zero attached hydrogens (tertiary/aromatic N) is 1. The number of benzene rings is 1. The molecule has 0 saturated carbocycles. The zero-order chi connectivity index (χ0) is 17.3. The van der Waals surface area contributed by atoms with E-state index in [4.69, 9.17) is 9.76 Å². The Hall–Kier alpha value is -2.55. The summed E-state index contributed by atoms with van der Waals surface area (Å²) in [4.78, 5) is 36.3. The number of hydrogen-bond donors (Lipinski definition) is 3. The zero-order valence-corrected chi connectivity index (χ0v) is 12.9. The van der Waals surface area contributed by atoms with Gasteiger partial charge in [0.05, 0.1) is 18.0 Å². The normalized spacial score (nSPS) is 19.7. The maximum absolute atomic E-state index is 12.1. The van der Waals surface area contributed by atoms with E-state index in [2.05, 4.69) is 5.32 Å². The first-order valence-electron chi connectivity index (χ1n) is 7.73. The monoisotopic (exact) mass is 332 g/mol. The summed E-state index contributed by atoms with van der Waals surface area (Å²) in [5.41, 5.74) is 0.571. The Kier molecular flexibility index (Phi) is 4.43. The molecule has 3 rings (SSSR count). The average molecular weight is 332 g/mol. The summed E-state index contributed by atoms with van der Waals surface area (Å²) in [5.74, 6) is -2.16. The number of carbonyl (C=O) groups excluding carboxylic acids is 2. The highest BCUT2D eigenvalue weighted by Crippen LogP contribution is 2.30. The highest BCUT2D eigenvalue weighted by molar-refractivity contribution is 6.47. The van der Waals surface area contributed by atoms with Gasteiger partial charge in [0.2, 0.25) is 11.8 Å². The topological polar surface area (TPSA) is 116 Å². The summed E-state index contributed by atoms with van der Waals surface area (Å²) in [6.45, 7) is 0.505. The number of carboxylic acid groups (broad SMARTS) is 1. The van der Waals surface area contributed by atoms with E-state index < -0.39 is 19.0 Å². The summed E-state index contributed by atoms with van der Waals surface area (Å²) < 4.78 is 5.31. The van der Waals surface area contributed by atoms with Crippen molar-refractivity contribution in [3.05, 3.63) is 29.3 Å². The third-order valence-electron chi connectivity index (χ3n) is 4.20. The highest BCUT2D eigenvalue weighted by atomic mass is 16.5. The Bertz CT molecular complexity index is 695. The number of carboxylic acids is 1. The molecule has 1 saturated heterocycles. The first kappa shape index (κ1) is 16.3. The second kappa shape index (κ2) is 6.52. The second-order valence-electron chi connectivity index (χ2n) is 5.90. The lowest BCUT2D eigenvalue weighted by molar-refractivity contribution is -0.133.